The highest BCUT2D eigenvalue weighted by molar-refractivity contribution is 9.11. The van der Waals surface area contributed by atoms with Gasteiger partial charge in [-0.2, -0.15) is 0 Å². The molecule has 0 spiro atoms. The fraction of sp³-hybridized carbons (Fsp3) is 0.381. The van der Waals surface area contributed by atoms with Gasteiger partial charge in [0.05, 0.1) is 46.3 Å². The predicted molar refractivity (Wildman–Crippen MR) is 227 cm³/mol. The number of methoxy groups -OCH3 is 4. The molecule has 0 unspecified atom stereocenters. The Morgan fingerprint density at radius 1 is 0.340 bits per heavy atom. The van der Waals surface area contributed by atoms with Crippen LogP contribution in [0.1, 0.15) is 101 Å². The maximum absolute atomic E-state index is 6.17. The van der Waals surface area contributed by atoms with Crippen molar-refractivity contribution in [2.75, 3.05) is 28.4 Å². The highest BCUT2D eigenvalue weighted by Gasteiger charge is 2.30. The number of rotatable bonds is 8. The maximum Gasteiger partial charge on any atom is 0.137 e. The first-order valence-corrected chi connectivity index (χ1v) is 20.2. The Morgan fingerprint density at radius 2 is 0.520 bits per heavy atom. The Kier molecular flexibility index (Phi) is 10.5. The van der Waals surface area contributed by atoms with E-state index < -0.39 is 0 Å². The minimum absolute atomic E-state index is 0.216. The third-order valence-corrected chi connectivity index (χ3v) is 13.2. The normalized spacial score (nSPS) is 12.3. The van der Waals surface area contributed by atoms with Crippen molar-refractivity contribution >= 4 is 118 Å². The van der Waals surface area contributed by atoms with E-state index in [0.29, 0.717) is 0 Å². The number of hydrogen-bond acceptors (Lipinski definition) is 4. The van der Waals surface area contributed by atoms with E-state index in [1.54, 1.807) is 28.4 Å². The van der Waals surface area contributed by atoms with Crippen molar-refractivity contribution in [2.24, 2.45) is 0 Å². The highest BCUT2D eigenvalue weighted by atomic mass is 79.9. The Bertz CT molecular complexity index is 2050. The van der Waals surface area contributed by atoms with E-state index in [-0.39, 0.29) is 23.7 Å². The second kappa shape index (κ2) is 13.9. The van der Waals surface area contributed by atoms with E-state index in [1.165, 1.54) is 10.8 Å². The molecule has 0 aromatic heterocycles. The molecule has 6 rings (SSSR count). The van der Waals surface area contributed by atoms with E-state index in [2.05, 4.69) is 143 Å². The summed E-state index contributed by atoms with van der Waals surface area (Å²) in [6, 6.07) is 9.39. The molecule has 0 N–H and O–H groups in total. The van der Waals surface area contributed by atoms with Crippen molar-refractivity contribution in [1.29, 1.82) is 0 Å². The van der Waals surface area contributed by atoms with E-state index in [0.717, 1.165) is 106 Å². The van der Waals surface area contributed by atoms with Crippen LogP contribution in [-0.2, 0) is 0 Å². The van der Waals surface area contributed by atoms with Crippen molar-refractivity contribution in [2.45, 2.75) is 79.1 Å². The Labute approximate surface area is 329 Å². The van der Waals surface area contributed by atoms with Gasteiger partial charge in [0.25, 0.3) is 0 Å². The zero-order valence-electron chi connectivity index (χ0n) is 30.8. The van der Waals surface area contributed by atoms with Crippen LogP contribution in [-0.4, -0.2) is 28.4 Å². The van der Waals surface area contributed by atoms with Crippen molar-refractivity contribution in [3.8, 4) is 23.0 Å². The quantitative estimate of drug-likeness (QED) is 0.143. The molecule has 0 fully saturated rings. The minimum Gasteiger partial charge on any atom is -0.495 e. The molecule has 4 nitrogen and oxygen atoms in total. The number of halogens is 4. The van der Waals surface area contributed by atoms with Gasteiger partial charge < -0.3 is 18.9 Å². The van der Waals surface area contributed by atoms with Crippen LogP contribution in [0.2, 0.25) is 0 Å². The average Bonchev–Trinajstić information content (AvgIpc) is 3.06. The topological polar surface area (TPSA) is 36.9 Å². The van der Waals surface area contributed by atoms with Crippen LogP contribution in [0.4, 0.5) is 0 Å². The molecule has 0 aliphatic rings. The second-order valence-electron chi connectivity index (χ2n) is 14.3. The van der Waals surface area contributed by atoms with Gasteiger partial charge in [0.1, 0.15) is 23.0 Å². The van der Waals surface area contributed by atoms with Crippen molar-refractivity contribution in [1.82, 2.24) is 0 Å². The van der Waals surface area contributed by atoms with Crippen LogP contribution in [0.3, 0.4) is 0 Å². The molecular weight excluding hydrogens is 888 g/mol. The van der Waals surface area contributed by atoms with E-state index in [1.807, 2.05) is 0 Å². The zero-order valence-corrected chi connectivity index (χ0v) is 37.1. The standard InChI is InChI=1S/C42H44Br4O4/c1-17(2)21-13-25-29-26-14-22(18(3)4)41(49-11)37(45)33(26)34-28(16-24(20(7)8)42(50-12)38(34)46)30(29)27-15-23(19(5)6)40(48-10)36(44)32(27)31(25)35(43)39(21)47-9/h13-20H,1-12H3. The first-order chi connectivity index (χ1) is 23.7. The summed E-state index contributed by atoms with van der Waals surface area (Å²) in [5.41, 5.74) is 4.55. The molecule has 6 aromatic carbocycles. The van der Waals surface area contributed by atoms with Gasteiger partial charge in [-0.3, -0.25) is 0 Å². The monoisotopic (exact) mass is 928 g/mol. The van der Waals surface area contributed by atoms with Crippen LogP contribution in [0.25, 0.3) is 53.9 Å². The van der Waals surface area contributed by atoms with Crippen LogP contribution in [0.5, 0.6) is 23.0 Å². The molecule has 8 heteroatoms. The van der Waals surface area contributed by atoms with Crippen LogP contribution < -0.4 is 18.9 Å². The zero-order chi connectivity index (χ0) is 36.7. The van der Waals surface area contributed by atoms with E-state index >= 15 is 0 Å². The Morgan fingerprint density at radius 3 is 0.660 bits per heavy atom. The molecule has 0 saturated carbocycles. The summed E-state index contributed by atoms with van der Waals surface area (Å²) in [5.74, 6) is 4.24. The molecule has 0 aliphatic heterocycles. The van der Waals surface area contributed by atoms with Gasteiger partial charge in [-0.15, -0.1) is 0 Å². The molecular formula is C42H44Br4O4. The molecule has 50 heavy (non-hydrogen) atoms. The first-order valence-electron chi connectivity index (χ1n) is 17.0. The lowest BCUT2D eigenvalue weighted by Gasteiger charge is -2.26. The van der Waals surface area contributed by atoms with Gasteiger partial charge in [0, 0.05) is 21.5 Å². The molecule has 0 amide bonds. The summed E-state index contributed by atoms with van der Waals surface area (Å²) in [7, 11) is 7.03. The number of benzene rings is 6. The second-order valence-corrected chi connectivity index (χ2v) is 17.5. The smallest absolute Gasteiger partial charge is 0.137 e. The molecule has 0 heterocycles. The Hall–Kier alpha value is -2.26. The molecule has 0 saturated heterocycles. The average molecular weight is 932 g/mol. The predicted octanol–water partition coefficient (Wildman–Crippen LogP) is 15.0. The van der Waals surface area contributed by atoms with Crippen LogP contribution in [0.15, 0.2) is 42.2 Å². The highest BCUT2D eigenvalue weighted by Crippen LogP contribution is 2.57. The number of ether oxygens (including phenoxy) is 4. The van der Waals surface area contributed by atoms with Gasteiger partial charge in [-0.1, -0.05) is 55.4 Å². The lowest BCUT2D eigenvalue weighted by molar-refractivity contribution is 0.405. The van der Waals surface area contributed by atoms with Gasteiger partial charge in [-0.05, 0) is 166 Å². The van der Waals surface area contributed by atoms with E-state index in [4.69, 9.17) is 18.9 Å². The van der Waals surface area contributed by atoms with Gasteiger partial charge >= 0.3 is 0 Å². The molecule has 0 radical (unpaired) electrons. The SMILES string of the molecule is COc1c(C(C)C)cc2c(c1Br)c1c(Br)c(OC)c(C(C)C)cc1c1c3cc(C(C)C)c(OC)c(Br)c3c3c(Br)c(OC)c(C(C)C)cc3c21. The molecule has 6 aromatic rings. The minimum atomic E-state index is 0.216. The summed E-state index contributed by atoms with van der Waals surface area (Å²) < 4.78 is 28.4. The van der Waals surface area contributed by atoms with Crippen LogP contribution >= 0.6 is 63.7 Å². The molecule has 264 valence electrons. The summed E-state index contributed by atoms with van der Waals surface area (Å²) in [6.07, 6.45) is 0. The molecule has 0 bridgehead atoms. The maximum atomic E-state index is 6.17. The van der Waals surface area contributed by atoms with Crippen LogP contribution in [0, 0.1) is 0 Å². The van der Waals surface area contributed by atoms with Gasteiger partial charge in [0.15, 0.2) is 0 Å². The van der Waals surface area contributed by atoms with Crippen molar-refractivity contribution < 1.29 is 18.9 Å². The summed E-state index contributed by atoms with van der Waals surface area (Å²) in [6.45, 7) is 17.8. The lowest BCUT2D eigenvalue weighted by Crippen LogP contribution is -2.03. The summed E-state index contributed by atoms with van der Waals surface area (Å²) >= 11 is 16.4. The van der Waals surface area contributed by atoms with Crippen molar-refractivity contribution in [3.05, 3.63) is 64.4 Å². The first kappa shape index (κ1) is 37.5. The fourth-order valence-electron chi connectivity index (χ4n) is 7.75. The van der Waals surface area contributed by atoms with Gasteiger partial charge in [-0.25, -0.2) is 0 Å². The molecule has 0 aliphatic carbocycles. The third kappa shape index (κ3) is 5.44. The van der Waals surface area contributed by atoms with Crippen molar-refractivity contribution in [3.63, 3.8) is 0 Å². The number of hydrogen-bond donors (Lipinski definition) is 0. The molecule has 0 atom stereocenters. The lowest BCUT2D eigenvalue weighted by atomic mass is 9.82. The Balaban J connectivity index is 2.18. The fourth-order valence-corrected chi connectivity index (χ4v) is 11.0. The van der Waals surface area contributed by atoms with E-state index in [9.17, 15) is 0 Å². The van der Waals surface area contributed by atoms with Gasteiger partial charge in [0.2, 0.25) is 0 Å². The largest absolute Gasteiger partial charge is 0.495 e. The third-order valence-electron chi connectivity index (χ3n) is 10.1. The summed E-state index contributed by atoms with van der Waals surface area (Å²) in [4.78, 5) is 0. The summed E-state index contributed by atoms with van der Waals surface area (Å²) in [5, 5.41) is 11.2. The number of fused-ring (bicyclic) bond motifs is 11.